The molecule has 0 aliphatic carbocycles. The fourth-order valence-corrected chi connectivity index (χ4v) is 2.14. The molecule has 0 unspecified atom stereocenters. The van der Waals surface area contributed by atoms with E-state index in [9.17, 15) is 19.7 Å². The topological polar surface area (TPSA) is 104 Å². The minimum atomic E-state index is -1.19. The molecular weight excluding hydrogens is 266 g/mol. The van der Waals surface area contributed by atoms with Gasteiger partial charge in [0, 0.05) is 25.7 Å². The van der Waals surface area contributed by atoms with Crippen LogP contribution in [0.4, 0.5) is 10.5 Å². The number of rotatable bonds is 2. The molecule has 106 valence electrons. The van der Waals surface area contributed by atoms with Crippen LogP contribution in [0.3, 0.4) is 0 Å². The van der Waals surface area contributed by atoms with Crippen LogP contribution in [0.5, 0.6) is 0 Å². The molecule has 1 atom stereocenters. The molecule has 1 aromatic carbocycles. The molecule has 1 fully saturated rings. The zero-order chi connectivity index (χ0) is 14.9. The van der Waals surface area contributed by atoms with Crippen molar-refractivity contribution in [2.24, 2.45) is 0 Å². The molecule has 0 aromatic heterocycles. The average molecular weight is 279 g/mol. The predicted molar refractivity (Wildman–Crippen MR) is 68.2 cm³/mol. The number of likely N-dealkylation sites (N-methyl/N-ethyl adjacent to an activating group) is 1. The zero-order valence-electron chi connectivity index (χ0n) is 10.7. The molecule has 1 N–H and O–H groups in total. The molecule has 2 amide bonds. The Morgan fingerprint density at radius 1 is 1.40 bits per heavy atom. The Morgan fingerprint density at radius 3 is 2.50 bits per heavy atom. The van der Waals surface area contributed by atoms with Crippen molar-refractivity contribution in [3.05, 3.63) is 39.9 Å². The number of hydrogen-bond acceptors (Lipinski definition) is 4. The zero-order valence-corrected chi connectivity index (χ0v) is 10.7. The van der Waals surface area contributed by atoms with E-state index in [4.69, 9.17) is 5.11 Å². The highest BCUT2D eigenvalue weighted by Gasteiger charge is 2.34. The molecule has 1 aliphatic heterocycles. The van der Waals surface area contributed by atoms with Crippen LogP contribution < -0.4 is 0 Å². The minimum absolute atomic E-state index is 0.0594. The normalized spacial score (nSPS) is 19.1. The highest BCUT2D eigenvalue weighted by atomic mass is 16.6. The third-order valence-corrected chi connectivity index (χ3v) is 3.29. The molecule has 1 aromatic rings. The van der Waals surface area contributed by atoms with Gasteiger partial charge in [-0.25, -0.2) is 4.79 Å². The number of carbonyl (C=O) groups excluding carboxylic acids is 1. The summed E-state index contributed by atoms with van der Waals surface area (Å²) in [4.78, 5) is 35.4. The largest absolute Gasteiger partial charge is 0.465 e. The molecule has 2 rings (SSSR count). The Kier molecular flexibility index (Phi) is 3.55. The van der Waals surface area contributed by atoms with Gasteiger partial charge in [0.25, 0.3) is 5.69 Å². The van der Waals surface area contributed by atoms with E-state index >= 15 is 0 Å². The monoisotopic (exact) mass is 279 g/mol. The fourth-order valence-electron chi connectivity index (χ4n) is 2.14. The van der Waals surface area contributed by atoms with Crippen LogP contribution in [0.25, 0.3) is 0 Å². The summed E-state index contributed by atoms with van der Waals surface area (Å²) >= 11 is 0. The van der Waals surface area contributed by atoms with E-state index in [1.54, 1.807) is 7.05 Å². The highest BCUT2D eigenvalue weighted by molar-refractivity contribution is 5.83. The maximum atomic E-state index is 11.6. The predicted octanol–water partition coefficient (Wildman–Crippen LogP) is 1.09. The van der Waals surface area contributed by atoms with Crippen molar-refractivity contribution in [1.29, 1.82) is 0 Å². The van der Waals surface area contributed by atoms with E-state index < -0.39 is 17.1 Å². The van der Waals surface area contributed by atoms with Crippen LogP contribution in [0.1, 0.15) is 11.6 Å². The van der Waals surface area contributed by atoms with E-state index in [1.807, 2.05) is 0 Å². The number of carboxylic acid groups (broad SMARTS) is 1. The van der Waals surface area contributed by atoms with Gasteiger partial charge in [-0.05, 0) is 5.56 Å². The molecule has 0 saturated carbocycles. The summed E-state index contributed by atoms with van der Waals surface area (Å²) in [6.07, 6.45) is -1.19. The minimum Gasteiger partial charge on any atom is -0.465 e. The Bertz CT molecular complexity index is 557. The lowest BCUT2D eigenvalue weighted by Gasteiger charge is -2.38. The van der Waals surface area contributed by atoms with Gasteiger partial charge in [-0.15, -0.1) is 0 Å². The number of hydrogen-bond donors (Lipinski definition) is 1. The summed E-state index contributed by atoms with van der Waals surface area (Å²) in [6, 6.07) is 5.17. The van der Waals surface area contributed by atoms with Gasteiger partial charge in [-0.3, -0.25) is 19.8 Å². The van der Waals surface area contributed by atoms with Gasteiger partial charge in [-0.1, -0.05) is 12.1 Å². The number of benzene rings is 1. The van der Waals surface area contributed by atoms with Crippen molar-refractivity contribution in [3.8, 4) is 0 Å². The molecule has 0 spiro atoms. The molecule has 1 heterocycles. The summed E-state index contributed by atoms with van der Waals surface area (Å²) in [5.41, 5.74) is 0.563. The van der Waals surface area contributed by atoms with Crippen LogP contribution in [0.15, 0.2) is 24.3 Å². The highest BCUT2D eigenvalue weighted by Crippen LogP contribution is 2.26. The lowest BCUT2D eigenvalue weighted by molar-refractivity contribution is -0.384. The number of piperazine rings is 1. The van der Waals surface area contributed by atoms with Crippen LogP contribution in [-0.4, -0.2) is 52.0 Å². The third-order valence-electron chi connectivity index (χ3n) is 3.29. The first kappa shape index (κ1) is 13.8. The molecule has 1 aliphatic rings. The van der Waals surface area contributed by atoms with Crippen molar-refractivity contribution in [3.63, 3.8) is 0 Å². The summed E-state index contributed by atoms with van der Waals surface area (Å²) in [7, 11) is 1.60. The summed E-state index contributed by atoms with van der Waals surface area (Å²) < 4.78 is 0. The van der Waals surface area contributed by atoms with E-state index in [2.05, 4.69) is 0 Å². The van der Waals surface area contributed by atoms with Gasteiger partial charge in [0.05, 0.1) is 11.0 Å². The van der Waals surface area contributed by atoms with Crippen molar-refractivity contribution >= 4 is 17.7 Å². The van der Waals surface area contributed by atoms with Crippen molar-refractivity contribution in [1.82, 2.24) is 9.80 Å². The second-order valence-electron chi connectivity index (χ2n) is 4.55. The maximum absolute atomic E-state index is 11.6. The van der Waals surface area contributed by atoms with Crippen LogP contribution in [0.2, 0.25) is 0 Å². The first-order chi connectivity index (χ1) is 9.40. The maximum Gasteiger partial charge on any atom is 0.408 e. The first-order valence-corrected chi connectivity index (χ1v) is 5.88. The van der Waals surface area contributed by atoms with E-state index in [0.717, 1.165) is 4.90 Å². The van der Waals surface area contributed by atoms with Gasteiger partial charge in [0.15, 0.2) is 0 Å². The van der Waals surface area contributed by atoms with Gasteiger partial charge < -0.3 is 10.0 Å². The standard InChI is InChI=1S/C12H13N3O5/c1-13-6-10(14(12(17)18)7-11(13)16)8-2-4-9(5-3-8)15(19)20/h2-5,10H,6-7H2,1H3,(H,17,18)/t10-/m1/s1. The molecule has 8 nitrogen and oxygen atoms in total. The summed E-state index contributed by atoms with van der Waals surface area (Å²) in [6.45, 7) is 0.0103. The lowest BCUT2D eigenvalue weighted by atomic mass is 10.0. The second-order valence-corrected chi connectivity index (χ2v) is 4.55. The van der Waals surface area contributed by atoms with Crippen molar-refractivity contribution in [2.45, 2.75) is 6.04 Å². The summed E-state index contributed by atoms with van der Waals surface area (Å²) in [5.74, 6) is -0.273. The fraction of sp³-hybridized carbons (Fsp3) is 0.333. The van der Waals surface area contributed by atoms with Gasteiger partial charge in [0.1, 0.15) is 6.54 Å². The van der Waals surface area contributed by atoms with Gasteiger partial charge in [-0.2, -0.15) is 0 Å². The number of amides is 2. The van der Waals surface area contributed by atoms with Crippen LogP contribution in [0, 0.1) is 10.1 Å². The molecule has 1 saturated heterocycles. The first-order valence-electron chi connectivity index (χ1n) is 5.88. The molecule has 0 bridgehead atoms. The van der Waals surface area contributed by atoms with Crippen LogP contribution >= 0.6 is 0 Å². The van der Waals surface area contributed by atoms with E-state index in [-0.39, 0.29) is 24.7 Å². The number of non-ortho nitro benzene ring substituents is 1. The number of nitro groups is 1. The van der Waals surface area contributed by atoms with Gasteiger partial charge in [0.2, 0.25) is 5.91 Å². The molecule has 0 radical (unpaired) electrons. The third kappa shape index (κ3) is 2.53. The Hall–Kier alpha value is -2.64. The van der Waals surface area contributed by atoms with Crippen molar-refractivity contribution < 1.29 is 19.6 Å². The molecule has 20 heavy (non-hydrogen) atoms. The summed E-state index contributed by atoms with van der Waals surface area (Å²) in [5, 5.41) is 19.8. The number of nitro benzene ring substituents is 1. The average Bonchev–Trinajstić information content (AvgIpc) is 2.41. The lowest BCUT2D eigenvalue weighted by Crippen LogP contribution is -2.52. The quantitative estimate of drug-likeness (QED) is 0.644. The Morgan fingerprint density at radius 2 is 2.00 bits per heavy atom. The van der Waals surface area contributed by atoms with Gasteiger partial charge >= 0.3 is 6.09 Å². The smallest absolute Gasteiger partial charge is 0.408 e. The number of carbonyl (C=O) groups is 2. The SMILES string of the molecule is CN1C[C@H](c2ccc([N+](=O)[O-])cc2)N(C(=O)O)CC1=O. The molecule has 8 heteroatoms. The second kappa shape index (κ2) is 5.16. The molecular formula is C12H13N3O5. The number of nitrogens with zero attached hydrogens (tertiary/aromatic N) is 3. The Labute approximate surface area is 114 Å². The van der Waals surface area contributed by atoms with Crippen molar-refractivity contribution in [2.75, 3.05) is 20.1 Å². The van der Waals surface area contributed by atoms with E-state index in [0.29, 0.717) is 5.56 Å². The Balaban J connectivity index is 2.30. The van der Waals surface area contributed by atoms with Crippen LogP contribution in [-0.2, 0) is 4.79 Å². The van der Waals surface area contributed by atoms with E-state index in [1.165, 1.54) is 29.2 Å².